The van der Waals surface area contributed by atoms with Gasteiger partial charge in [-0.25, -0.2) is 9.78 Å². The second kappa shape index (κ2) is 8.57. The predicted octanol–water partition coefficient (Wildman–Crippen LogP) is 6.08. The zero-order chi connectivity index (χ0) is 19.3. The van der Waals surface area contributed by atoms with E-state index in [1.54, 1.807) is 11.3 Å². The van der Waals surface area contributed by atoms with E-state index in [2.05, 4.69) is 6.08 Å². The van der Waals surface area contributed by atoms with Gasteiger partial charge in [0.05, 0.1) is 15.8 Å². The largest absolute Gasteiger partial charge is 0.479 e. The summed E-state index contributed by atoms with van der Waals surface area (Å²) < 4.78 is 7.09. The zero-order valence-corrected chi connectivity index (χ0v) is 16.5. The number of carbonyl (C=O) groups is 1. The molecule has 2 aromatic carbocycles. The zero-order valence-electron chi connectivity index (χ0n) is 15.6. The van der Waals surface area contributed by atoms with Crippen LogP contribution in [0.15, 0.2) is 60.2 Å². The van der Waals surface area contributed by atoms with Gasteiger partial charge in [-0.3, -0.25) is 0 Å². The highest BCUT2D eigenvalue weighted by atomic mass is 32.1. The summed E-state index contributed by atoms with van der Waals surface area (Å²) in [5.74, 6) is -0.345. The van der Waals surface area contributed by atoms with E-state index < -0.39 is 12.1 Å². The van der Waals surface area contributed by atoms with Gasteiger partial charge in [0.15, 0.2) is 6.10 Å². The first-order valence-electron chi connectivity index (χ1n) is 9.73. The van der Waals surface area contributed by atoms with Gasteiger partial charge in [0, 0.05) is 0 Å². The van der Waals surface area contributed by atoms with Crippen LogP contribution in [0.25, 0.3) is 20.8 Å². The van der Waals surface area contributed by atoms with Crippen molar-refractivity contribution < 1.29 is 14.6 Å². The molecule has 1 aliphatic rings. The van der Waals surface area contributed by atoms with Crippen LogP contribution in [0, 0.1) is 0 Å². The Labute approximate surface area is 168 Å². The number of nitrogens with zero attached hydrogens (tertiary/aromatic N) is 1. The summed E-state index contributed by atoms with van der Waals surface area (Å²) in [6.07, 6.45) is 7.28. The molecular weight excluding hydrogens is 370 g/mol. The van der Waals surface area contributed by atoms with Gasteiger partial charge in [0.25, 0.3) is 0 Å². The Hall–Kier alpha value is -2.66. The molecule has 3 aromatic rings. The number of hydrogen-bond acceptors (Lipinski definition) is 4. The van der Waals surface area contributed by atoms with E-state index in [-0.39, 0.29) is 0 Å². The number of carboxylic acids is 1. The Bertz CT molecular complexity index is 975. The topological polar surface area (TPSA) is 59.4 Å². The van der Waals surface area contributed by atoms with Crippen molar-refractivity contribution in [2.24, 2.45) is 0 Å². The molecule has 0 radical (unpaired) electrons. The molecule has 1 unspecified atom stereocenters. The van der Waals surface area contributed by atoms with Gasteiger partial charge in [0.2, 0.25) is 0 Å². The van der Waals surface area contributed by atoms with Crippen LogP contribution in [0.5, 0.6) is 5.75 Å². The van der Waals surface area contributed by atoms with Crippen LogP contribution in [0.4, 0.5) is 0 Å². The first kappa shape index (κ1) is 18.7. The third kappa shape index (κ3) is 4.25. The van der Waals surface area contributed by atoms with Gasteiger partial charge in [-0.1, -0.05) is 35.9 Å². The highest BCUT2D eigenvalue weighted by Crippen LogP contribution is 2.36. The normalized spacial score (nSPS) is 15.2. The molecule has 0 aliphatic heterocycles. The SMILES string of the molecule is O=C(O)C(CCC1=CCCCC1)Oc1ccccc1-c1nc2ccccc2s1. The lowest BCUT2D eigenvalue weighted by Crippen LogP contribution is -2.27. The molecule has 0 bridgehead atoms. The van der Waals surface area contributed by atoms with E-state index in [4.69, 9.17) is 9.72 Å². The number of para-hydroxylation sites is 2. The van der Waals surface area contributed by atoms with Crippen molar-refractivity contribution in [2.75, 3.05) is 0 Å². The molecule has 0 saturated carbocycles. The van der Waals surface area contributed by atoms with Crippen LogP contribution in [0.2, 0.25) is 0 Å². The molecular formula is C23H23NO3S. The van der Waals surface area contributed by atoms with Crippen molar-refractivity contribution in [3.63, 3.8) is 0 Å². The number of carboxylic acid groups (broad SMARTS) is 1. The summed E-state index contributed by atoms with van der Waals surface area (Å²) in [5.41, 5.74) is 3.14. The first-order valence-corrected chi connectivity index (χ1v) is 10.5. The summed E-state index contributed by atoms with van der Waals surface area (Å²) in [5, 5.41) is 10.5. The molecule has 1 atom stereocenters. The number of thiazole rings is 1. The van der Waals surface area contributed by atoms with Crippen LogP contribution in [0.3, 0.4) is 0 Å². The highest BCUT2D eigenvalue weighted by molar-refractivity contribution is 7.21. The van der Waals surface area contributed by atoms with E-state index in [1.807, 2.05) is 48.5 Å². The van der Waals surface area contributed by atoms with Crippen LogP contribution >= 0.6 is 11.3 Å². The van der Waals surface area contributed by atoms with Crippen LogP contribution in [0.1, 0.15) is 38.5 Å². The minimum absolute atomic E-state index is 0.481. The molecule has 1 heterocycles. The average molecular weight is 394 g/mol. The molecule has 0 saturated heterocycles. The first-order chi connectivity index (χ1) is 13.7. The Morgan fingerprint density at radius 3 is 2.75 bits per heavy atom. The highest BCUT2D eigenvalue weighted by Gasteiger charge is 2.22. The van der Waals surface area contributed by atoms with Crippen molar-refractivity contribution in [2.45, 2.75) is 44.6 Å². The fourth-order valence-corrected chi connectivity index (χ4v) is 4.56. The number of aliphatic carboxylic acids is 1. The molecule has 4 rings (SSSR count). The molecule has 1 aromatic heterocycles. The van der Waals surface area contributed by atoms with E-state index >= 15 is 0 Å². The standard InChI is InChI=1S/C23H23NO3S/c25-23(26)20(15-14-16-8-2-1-3-9-16)27-19-12-6-4-10-17(19)22-24-18-11-5-7-13-21(18)28-22/h4-8,10-13,20H,1-3,9,14-15H2,(H,25,26). The minimum atomic E-state index is -0.921. The summed E-state index contributed by atoms with van der Waals surface area (Å²) in [4.78, 5) is 16.5. The Morgan fingerprint density at radius 1 is 1.14 bits per heavy atom. The summed E-state index contributed by atoms with van der Waals surface area (Å²) in [7, 11) is 0. The fraction of sp³-hybridized carbons (Fsp3) is 0.304. The van der Waals surface area contributed by atoms with E-state index in [9.17, 15) is 9.90 Å². The van der Waals surface area contributed by atoms with Crippen LogP contribution in [-0.4, -0.2) is 22.2 Å². The molecule has 5 heteroatoms. The van der Waals surface area contributed by atoms with Gasteiger partial charge in [-0.05, 0) is 62.8 Å². The Morgan fingerprint density at radius 2 is 1.96 bits per heavy atom. The van der Waals surface area contributed by atoms with E-state index in [0.29, 0.717) is 12.2 Å². The van der Waals surface area contributed by atoms with Crippen molar-refractivity contribution in [3.05, 3.63) is 60.2 Å². The molecule has 144 valence electrons. The predicted molar refractivity (Wildman–Crippen MR) is 113 cm³/mol. The smallest absolute Gasteiger partial charge is 0.344 e. The van der Waals surface area contributed by atoms with Crippen molar-refractivity contribution in [3.8, 4) is 16.3 Å². The lowest BCUT2D eigenvalue weighted by molar-refractivity contribution is -0.145. The van der Waals surface area contributed by atoms with Crippen LogP contribution < -0.4 is 4.74 Å². The van der Waals surface area contributed by atoms with Crippen molar-refractivity contribution in [1.82, 2.24) is 4.98 Å². The number of ether oxygens (including phenoxy) is 1. The lowest BCUT2D eigenvalue weighted by atomic mass is 9.95. The van der Waals surface area contributed by atoms with Crippen LogP contribution in [-0.2, 0) is 4.79 Å². The molecule has 4 nitrogen and oxygen atoms in total. The molecule has 0 spiro atoms. The number of allylic oxidation sites excluding steroid dienone is 2. The fourth-order valence-electron chi connectivity index (χ4n) is 3.57. The number of fused-ring (bicyclic) bond motifs is 1. The quantitative estimate of drug-likeness (QED) is 0.495. The molecule has 1 aliphatic carbocycles. The third-order valence-electron chi connectivity index (χ3n) is 5.07. The average Bonchev–Trinajstić information content (AvgIpc) is 3.16. The summed E-state index contributed by atoms with van der Waals surface area (Å²) in [6.45, 7) is 0. The number of benzene rings is 2. The molecule has 0 fully saturated rings. The second-order valence-electron chi connectivity index (χ2n) is 7.07. The third-order valence-corrected chi connectivity index (χ3v) is 6.14. The number of aromatic nitrogens is 1. The van der Waals surface area contributed by atoms with Gasteiger partial charge < -0.3 is 9.84 Å². The lowest BCUT2D eigenvalue weighted by Gasteiger charge is -2.19. The summed E-state index contributed by atoms with van der Waals surface area (Å²) in [6, 6.07) is 15.6. The number of hydrogen-bond donors (Lipinski definition) is 1. The monoisotopic (exact) mass is 393 g/mol. The minimum Gasteiger partial charge on any atom is -0.479 e. The van der Waals surface area contributed by atoms with Gasteiger partial charge in [-0.15, -0.1) is 11.3 Å². The Kier molecular flexibility index (Phi) is 5.72. The number of rotatable bonds is 7. The summed E-state index contributed by atoms with van der Waals surface area (Å²) >= 11 is 1.59. The van der Waals surface area contributed by atoms with E-state index in [0.717, 1.165) is 40.1 Å². The van der Waals surface area contributed by atoms with Crippen molar-refractivity contribution >= 4 is 27.5 Å². The maximum atomic E-state index is 11.8. The molecule has 0 amide bonds. The van der Waals surface area contributed by atoms with Gasteiger partial charge >= 0.3 is 5.97 Å². The van der Waals surface area contributed by atoms with Gasteiger partial charge in [0.1, 0.15) is 10.8 Å². The van der Waals surface area contributed by atoms with Crippen molar-refractivity contribution in [1.29, 1.82) is 0 Å². The molecule has 1 N–H and O–H groups in total. The maximum Gasteiger partial charge on any atom is 0.344 e. The second-order valence-corrected chi connectivity index (χ2v) is 8.11. The Balaban J connectivity index is 1.56. The maximum absolute atomic E-state index is 11.8. The molecule has 28 heavy (non-hydrogen) atoms. The van der Waals surface area contributed by atoms with E-state index in [1.165, 1.54) is 18.4 Å². The van der Waals surface area contributed by atoms with Gasteiger partial charge in [-0.2, -0.15) is 0 Å².